The summed E-state index contributed by atoms with van der Waals surface area (Å²) in [5.41, 5.74) is 0. The van der Waals surface area contributed by atoms with E-state index in [0.717, 1.165) is 39.3 Å². The van der Waals surface area contributed by atoms with E-state index in [1.165, 1.54) is 96.3 Å². The van der Waals surface area contributed by atoms with Crippen molar-refractivity contribution in [2.75, 3.05) is 39.3 Å². The highest BCUT2D eigenvalue weighted by Gasteiger charge is 2.42. The molecule has 0 N–H and O–H groups in total. The van der Waals surface area contributed by atoms with Crippen molar-refractivity contribution < 1.29 is 4.57 Å². The van der Waals surface area contributed by atoms with Crippen LogP contribution >= 0.6 is 7.59 Å². The van der Waals surface area contributed by atoms with Gasteiger partial charge >= 0.3 is 0 Å². The highest BCUT2D eigenvalue weighted by Crippen LogP contribution is 2.57. The van der Waals surface area contributed by atoms with Crippen LogP contribution in [-0.2, 0) is 4.57 Å². The first-order valence-electron chi connectivity index (χ1n) is 11.7. The summed E-state index contributed by atoms with van der Waals surface area (Å²) in [5.74, 6) is 0. The normalized spacial score (nSPS) is 27.5. The van der Waals surface area contributed by atoms with Crippen LogP contribution in [0.25, 0.3) is 0 Å². The third-order valence-electron chi connectivity index (χ3n) is 6.60. The lowest BCUT2D eigenvalue weighted by molar-refractivity contribution is 0.235. The maximum Gasteiger partial charge on any atom is 0.286 e. The Labute approximate surface area is 162 Å². The highest BCUT2D eigenvalue weighted by molar-refractivity contribution is 7.56. The van der Waals surface area contributed by atoms with Gasteiger partial charge in [-0.15, -0.1) is 0 Å². The van der Waals surface area contributed by atoms with Crippen molar-refractivity contribution in [3.8, 4) is 0 Å². The molecule has 3 rings (SSSR count). The fourth-order valence-corrected chi connectivity index (χ4v) is 8.50. The molecule has 0 unspecified atom stereocenters. The zero-order valence-electron chi connectivity index (χ0n) is 17.0. The summed E-state index contributed by atoms with van der Waals surface area (Å²) in [6.45, 7) is 6.28. The van der Waals surface area contributed by atoms with E-state index in [9.17, 15) is 4.57 Å². The lowest BCUT2D eigenvalue weighted by Gasteiger charge is -2.46. The van der Waals surface area contributed by atoms with Crippen molar-refractivity contribution in [1.82, 2.24) is 14.0 Å². The minimum Gasteiger partial charge on any atom is -0.270 e. The average molecular weight is 384 g/mol. The first kappa shape index (κ1) is 20.8. The molecule has 0 aromatic heterocycles. The lowest BCUT2D eigenvalue weighted by atomic mass is 10.1. The van der Waals surface area contributed by atoms with Crippen LogP contribution in [0, 0.1) is 0 Å². The van der Waals surface area contributed by atoms with Gasteiger partial charge in [0.25, 0.3) is 7.59 Å². The Balaban J connectivity index is 1.83. The first-order valence-corrected chi connectivity index (χ1v) is 13.2. The maximum absolute atomic E-state index is 14.9. The van der Waals surface area contributed by atoms with Gasteiger partial charge in [-0.05, 0) is 38.5 Å². The molecule has 4 nitrogen and oxygen atoms in total. The van der Waals surface area contributed by atoms with Crippen molar-refractivity contribution in [2.45, 2.75) is 96.3 Å². The van der Waals surface area contributed by atoms with Gasteiger partial charge in [-0.25, -0.2) is 14.0 Å². The molecule has 26 heavy (non-hydrogen) atoms. The van der Waals surface area contributed by atoms with E-state index in [1.54, 1.807) is 0 Å². The fourth-order valence-electron chi connectivity index (χ4n) is 5.01. The molecule has 3 aliphatic rings. The minimum absolute atomic E-state index is 1.05. The second kappa shape index (κ2) is 11.2. The Hall–Kier alpha value is 0.110. The van der Waals surface area contributed by atoms with E-state index in [0.29, 0.717) is 0 Å². The predicted octanol–water partition coefficient (Wildman–Crippen LogP) is 5.89. The smallest absolute Gasteiger partial charge is 0.270 e. The molecular weight excluding hydrogens is 341 g/mol. The van der Waals surface area contributed by atoms with Gasteiger partial charge in [0.2, 0.25) is 0 Å². The van der Waals surface area contributed by atoms with E-state index < -0.39 is 7.59 Å². The number of rotatable bonds is 3. The molecule has 0 aliphatic carbocycles. The SMILES string of the molecule is O=P(N1CCCCCCC1)(N1CCCCCCC1)N1CCCCCCC1. The van der Waals surface area contributed by atoms with Crippen LogP contribution in [0.4, 0.5) is 0 Å². The van der Waals surface area contributed by atoms with Gasteiger partial charge in [-0.2, -0.15) is 0 Å². The Morgan fingerprint density at radius 3 is 0.769 bits per heavy atom. The van der Waals surface area contributed by atoms with Gasteiger partial charge in [0.05, 0.1) is 0 Å². The summed E-state index contributed by atoms with van der Waals surface area (Å²) in [5, 5.41) is 0. The quantitative estimate of drug-likeness (QED) is 0.568. The standard InChI is InChI=1S/C21H42N3OP/c25-26(22-16-10-4-1-5-11-17-22,23-18-12-6-2-7-13-19-23)24-20-14-8-3-9-15-21-24/h1-21H2. The number of hydrogen-bond donors (Lipinski definition) is 0. The van der Waals surface area contributed by atoms with Crippen molar-refractivity contribution in [2.24, 2.45) is 0 Å². The van der Waals surface area contributed by atoms with E-state index in [-0.39, 0.29) is 0 Å². The minimum atomic E-state index is -2.59. The Kier molecular flexibility index (Phi) is 8.97. The monoisotopic (exact) mass is 383 g/mol. The molecule has 0 spiro atoms. The van der Waals surface area contributed by atoms with Crippen molar-refractivity contribution in [3.63, 3.8) is 0 Å². The summed E-state index contributed by atoms with van der Waals surface area (Å²) in [4.78, 5) is 0. The molecule has 0 radical (unpaired) electrons. The fraction of sp³-hybridized carbons (Fsp3) is 1.00. The van der Waals surface area contributed by atoms with Gasteiger partial charge in [-0.1, -0.05) is 57.8 Å². The Morgan fingerprint density at radius 1 is 0.346 bits per heavy atom. The summed E-state index contributed by atoms with van der Waals surface area (Å²) >= 11 is 0. The van der Waals surface area contributed by atoms with Gasteiger partial charge in [0.1, 0.15) is 0 Å². The van der Waals surface area contributed by atoms with Gasteiger partial charge in [0, 0.05) is 39.3 Å². The highest BCUT2D eigenvalue weighted by atomic mass is 31.2. The maximum atomic E-state index is 14.9. The third kappa shape index (κ3) is 5.56. The molecule has 3 saturated heterocycles. The molecule has 0 aromatic carbocycles. The zero-order valence-corrected chi connectivity index (χ0v) is 17.9. The molecule has 3 aliphatic heterocycles. The molecule has 3 fully saturated rings. The Morgan fingerprint density at radius 2 is 0.538 bits per heavy atom. The second-order valence-electron chi connectivity index (χ2n) is 8.68. The second-order valence-corrected chi connectivity index (χ2v) is 11.4. The molecular formula is C21H42N3OP. The summed E-state index contributed by atoms with van der Waals surface area (Å²) < 4.78 is 22.3. The van der Waals surface area contributed by atoms with Gasteiger partial charge < -0.3 is 0 Å². The van der Waals surface area contributed by atoms with Crippen LogP contribution < -0.4 is 0 Å². The zero-order chi connectivity index (χ0) is 18.1. The van der Waals surface area contributed by atoms with Crippen LogP contribution in [-0.4, -0.2) is 53.3 Å². The molecule has 0 saturated carbocycles. The Bertz CT molecular complexity index is 359. The number of nitrogens with zero attached hydrogens (tertiary/aromatic N) is 3. The van der Waals surface area contributed by atoms with E-state index in [1.807, 2.05) is 0 Å². The van der Waals surface area contributed by atoms with Crippen LogP contribution in [0.5, 0.6) is 0 Å². The molecule has 152 valence electrons. The molecule has 0 bridgehead atoms. The largest absolute Gasteiger partial charge is 0.286 e. The average Bonchev–Trinajstić information content (AvgIpc) is 2.53. The van der Waals surface area contributed by atoms with Crippen LogP contribution in [0.2, 0.25) is 0 Å². The molecule has 0 aromatic rings. The van der Waals surface area contributed by atoms with Crippen LogP contribution in [0.3, 0.4) is 0 Å². The van der Waals surface area contributed by atoms with Gasteiger partial charge in [-0.3, -0.25) is 4.57 Å². The summed E-state index contributed by atoms with van der Waals surface area (Å²) in [6, 6.07) is 0. The van der Waals surface area contributed by atoms with E-state index >= 15 is 0 Å². The first-order chi connectivity index (χ1) is 12.8. The molecule has 3 heterocycles. The van der Waals surface area contributed by atoms with Crippen molar-refractivity contribution in [1.29, 1.82) is 0 Å². The molecule has 5 heteroatoms. The topological polar surface area (TPSA) is 26.8 Å². The summed E-state index contributed by atoms with van der Waals surface area (Å²) in [6.07, 6.45) is 19.4. The molecule has 0 amide bonds. The molecule has 0 atom stereocenters. The summed E-state index contributed by atoms with van der Waals surface area (Å²) in [7, 11) is -2.59. The van der Waals surface area contributed by atoms with E-state index in [2.05, 4.69) is 14.0 Å². The van der Waals surface area contributed by atoms with Crippen LogP contribution in [0.15, 0.2) is 0 Å². The van der Waals surface area contributed by atoms with Gasteiger partial charge in [0.15, 0.2) is 0 Å². The van der Waals surface area contributed by atoms with Crippen molar-refractivity contribution in [3.05, 3.63) is 0 Å². The van der Waals surface area contributed by atoms with E-state index in [4.69, 9.17) is 0 Å². The third-order valence-corrected chi connectivity index (χ3v) is 10.0. The predicted molar refractivity (Wildman–Crippen MR) is 112 cm³/mol. The van der Waals surface area contributed by atoms with Crippen molar-refractivity contribution >= 4 is 7.59 Å². The van der Waals surface area contributed by atoms with Crippen LogP contribution in [0.1, 0.15) is 96.3 Å². The number of hydrogen-bond acceptors (Lipinski definition) is 1. The lowest BCUT2D eigenvalue weighted by Crippen LogP contribution is -2.44.